The summed E-state index contributed by atoms with van der Waals surface area (Å²) in [5, 5.41) is 5.33. The third kappa shape index (κ3) is 49.5. The van der Waals surface area contributed by atoms with Crippen LogP contribution in [0.4, 0.5) is 0 Å². The second-order valence-corrected chi connectivity index (χ2v) is 41.8. The van der Waals surface area contributed by atoms with Gasteiger partial charge < -0.3 is 0 Å². The first kappa shape index (κ1) is 123. The van der Waals surface area contributed by atoms with Crippen molar-refractivity contribution in [2.24, 2.45) is 47.3 Å². The molecule has 8 heteroatoms. The number of allylic oxidation sites excluding steroid dienone is 1. The summed E-state index contributed by atoms with van der Waals surface area (Å²) in [4.78, 5) is 31.9. The van der Waals surface area contributed by atoms with E-state index in [2.05, 4.69) is 405 Å². The van der Waals surface area contributed by atoms with Crippen LogP contribution < -0.4 is 0 Å². The van der Waals surface area contributed by atoms with E-state index in [1.165, 1.54) is 202 Å². The highest BCUT2D eigenvalue weighted by Gasteiger charge is 2.29. The number of hydrogen-bond acceptors (Lipinski definition) is 8. The minimum atomic E-state index is 0.829. The van der Waals surface area contributed by atoms with Crippen LogP contribution in [0.1, 0.15) is 329 Å². The normalized spacial score (nSPS) is 18.1. The second-order valence-electron chi connectivity index (χ2n) is 41.8. The Hall–Kier alpha value is -12.0. The fourth-order valence-electron chi connectivity index (χ4n) is 18.4. The Morgan fingerprint density at radius 1 is 0.219 bits per heavy atom. The Kier molecular flexibility index (Phi) is 58.8. The van der Waals surface area contributed by atoms with Gasteiger partial charge in [-0.1, -0.05) is 447 Å². The van der Waals surface area contributed by atoms with Crippen molar-refractivity contribution in [3.63, 3.8) is 0 Å². The molecule has 0 aliphatic heterocycles. The van der Waals surface area contributed by atoms with Gasteiger partial charge in [-0.15, -0.1) is 0 Å². The fraction of sp³-hybridized carbons (Fsp3) is 0.420. The quantitative estimate of drug-likeness (QED) is 0.162. The number of hydrogen-bond donors (Lipinski definition) is 0. The molecule has 5 saturated carbocycles. The summed E-state index contributed by atoms with van der Waals surface area (Å²) < 4.78 is 0. The topological polar surface area (TPSA) is 103 Å². The van der Waals surface area contributed by atoms with E-state index in [0.717, 1.165) is 105 Å². The van der Waals surface area contributed by atoms with Gasteiger partial charge in [0.1, 0.15) is 11.6 Å². The van der Waals surface area contributed by atoms with Gasteiger partial charge in [-0.05, 0) is 323 Å². The fourth-order valence-corrected chi connectivity index (χ4v) is 18.4. The monoisotopic (exact) mass is 1960 g/mol. The van der Waals surface area contributed by atoms with E-state index < -0.39 is 0 Å². The van der Waals surface area contributed by atoms with Crippen LogP contribution in [0.2, 0.25) is 0 Å². The van der Waals surface area contributed by atoms with E-state index in [9.17, 15) is 0 Å². The van der Waals surface area contributed by atoms with Crippen LogP contribution in [0, 0.1) is 165 Å². The first-order valence-corrected chi connectivity index (χ1v) is 55.3. The number of aryl methyl sites for hydroxylation is 17. The van der Waals surface area contributed by atoms with Crippen LogP contribution in [0.5, 0.6) is 0 Å². The maximum absolute atomic E-state index is 4.02. The van der Waals surface area contributed by atoms with E-state index in [1.807, 2.05) is 121 Å². The zero-order valence-electron chi connectivity index (χ0n) is 95.5. The average molecular weight is 1960 g/mol. The molecule has 15 aromatic rings. The molecule has 0 radical (unpaired) electrons. The van der Waals surface area contributed by atoms with Crippen molar-refractivity contribution >= 4 is 27.6 Å². The molecule has 20 rings (SSSR count). The molecule has 8 nitrogen and oxygen atoms in total. The van der Waals surface area contributed by atoms with Gasteiger partial charge in [0.15, 0.2) is 0 Å². The summed E-state index contributed by atoms with van der Waals surface area (Å²) in [6.45, 7) is 59.0. The van der Waals surface area contributed by atoms with Crippen LogP contribution in [-0.4, -0.2) is 39.9 Å². The highest BCUT2D eigenvalue weighted by Crippen LogP contribution is 2.42. The van der Waals surface area contributed by atoms with Crippen LogP contribution in [0.15, 0.2) is 310 Å². The number of rotatable bonds is 6. The lowest BCUT2D eigenvalue weighted by Crippen LogP contribution is -2.24. The Morgan fingerprint density at radius 2 is 0.486 bits per heavy atom. The molecule has 5 fully saturated rings. The largest absolute Gasteiger partial charge is 0.258 e. The third-order valence-electron chi connectivity index (χ3n) is 28.2. The molecule has 4 heterocycles. The summed E-state index contributed by atoms with van der Waals surface area (Å²) in [6.07, 6.45) is 47.7. The number of nitrogens with zero attached hydrogens (tertiary/aromatic N) is 8. The van der Waals surface area contributed by atoms with Crippen molar-refractivity contribution in [3.8, 4) is 22.3 Å². The zero-order chi connectivity index (χ0) is 107. The zero-order valence-corrected chi connectivity index (χ0v) is 95.5. The molecule has 5 aliphatic carbocycles. The van der Waals surface area contributed by atoms with E-state index in [4.69, 9.17) is 0 Å². The number of fused-ring (bicyclic) bond motifs is 2. The van der Waals surface area contributed by atoms with Gasteiger partial charge in [0.25, 0.3) is 0 Å². The molecule has 0 unspecified atom stereocenters. The van der Waals surface area contributed by atoms with Crippen LogP contribution >= 0.6 is 0 Å². The summed E-state index contributed by atoms with van der Waals surface area (Å²) >= 11 is 0. The maximum Gasteiger partial charge on any atom is 0.125 e. The minimum absolute atomic E-state index is 0.829. The molecule has 11 aromatic carbocycles. The molecular formula is C138H186N8. The summed E-state index contributed by atoms with van der Waals surface area (Å²) in [6, 6.07) is 90.7. The molecule has 0 bridgehead atoms. The molecule has 5 aliphatic rings. The Morgan fingerprint density at radius 3 is 0.801 bits per heavy atom. The van der Waals surface area contributed by atoms with Gasteiger partial charge in [0.2, 0.25) is 0 Å². The van der Waals surface area contributed by atoms with Crippen molar-refractivity contribution in [1.82, 2.24) is 39.9 Å². The maximum atomic E-state index is 4.02. The van der Waals surface area contributed by atoms with Crippen molar-refractivity contribution in [2.75, 3.05) is 0 Å². The van der Waals surface area contributed by atoms with Crippen LogP contribution in [0.25, 0.3) is 49.9 Å². The predicted octanol–water partition coefficient (Wildman–Crippen LogP) is 39.7. The standard InChI is InChI=1S/C14H26.2C14H20.2C14H14.2C11H10.C10H12.C8H16.4C6H8N2.2C2H6/c4*1-11-3-7-13(8-4-11)14-9-5-12(2)6-10-14;1-11-7-3-5-9-13(11)14-10-6-4-8-12(14)2;1-9-5-4-7-10-6-2-3-8-11(9)10;1-9-6-7-10-4-2-3-5-11(10)8-9;1-3-4-10-7-5-9(2)6-8-10;1-7-3-5-8(2)6-4-7;2*1-5-3-8-6(2)4-7-5;2*1-5-3-7-6(2)8-4-5;2*1-2/h11-14H,3-10H2,1-2H3;2*3-4,7-8,12,14H,5-6,9-10H2,1-2H3;2*3-10H,1-2H3;2*2-8H,1H3;3-8H,1-2H3;7-8H,3-6H2,1-2H3;4*3-4H,1-2H3;2*1-2H3. The van der Waals surface area contributed by atoms with E-state index >= 15 is 0 Å². The van der Waals surface area contributed by atoms with Crippen LogP contribution in [0.3, 0.4) is 0 Å². The van der Waals surface area contributed by atoms with E-state index in [0.29, 0.717) is 0 Å². The first-order chi connectivity index (χ1) is 70.3. The summed E-state index contributed by atoms with van der Waals surface area (Å²) in [5.41, 5.74) is 27.7. The Balaban J connectivity index is 0.000000242. The molecule has 0 N–H and O–H groups in total. The van der Waals surface area contributed by atoms with Crippen LogP contribution in [-0.2, 0) is 0 Å². The molecule has 778 valence electrons. The smallest absolute Gasteiger partial charge is 0.125 e. The molecular weight excluding hydrogens is 1770 g/mol. The molecule has 0 atom stereocenters. The van der Waals surface area contributed by atoms with E-state index in [-0.39, 0.29) is 0 Å². The van der Waals surface area contributed by atoms with Gasteiger partial charge in [-0.25, -0.2) is 19.9 Å². The minimum Gasteiger partial charge on any atom is -0.258 e. The lowest BCUT2D eigenvalue weighted by atomic mass is 9.70. The van der Waals surface area contributed by atoms with Crippen molar-refractivity contribution in [3.05, 3.63) is 423 Å². The van der Waals surface area contributed by atoms with Gasteiger partial charge in [-0.3, -0.25) is 19.9 Å². The second kappa shape index (κ2) is 70.0. The van der Waals surface area contributed by atoms with Crippen molar-refractivity contribution in [1.29, 1.82) is 0 Å². The average Bonchev–Trinajstić information content (AvgIpc) is 0.839. The number of aromatic nitrogens is 8. The first-order valence-electron chi connectivity index (χ1n) is 55.3. The Bertz CT molecular complexity index is 5500. The lowest BCUT2D eigenvalue weighted by molar-refractivity contribution is 0.155. The highest BCUT2D eigenvalue weighted by molar-refractivity contribution is 5.85. The summed E-state index contributed by atoms with van der Waals surface area (Å²) in [7, 11) is 0. The SMILES string of the molecule is CC.CC.CC1CCC(C)CC1.CC1CCC(C2CCC(C)CC2)CC1.CC=Cc1ccc(C)cc1.Cc1ccc(-c2ccc(C)cc2)cc1.Cc1ccc(C2CCC(C)CC2)cc1.Cc1ccc(C2CCC(C)CC2)cc1.Cc1ccc2ccccc2c1.Cc1cccc2ccccc12.Cc1ccccc1-c1ccccc1C.Cc1cnc(C)cn1.Cc1cnc(C)cn1.Cc1cnc(C)nc1.Cc1cnc(C)nc1. The molecule has 0 amide bonds. The van der Waals surface area contributed by atoms with Gasteiger partial charge in [-0.2, -0.15) is 0 Å². The predicted molar refractivity (Wildman–Crippen MR) is 637 cm³/mol. The van der Waals surface area contributed by atoms with Crippen molar-refractivity contribution in [2.45, 2.75) is 334 Å². The molecule has 146 heavy (non-hydrogen) atoms. The third-order valence-corrected chi connectivity index (χ3v) is 28.2. The molecule has 0 saturated heterocycles. The number of benzene rings is 11. The summed E-state index contributed by atoms with van der Waals surface area (Å²) in [5.74, 6) is 11.6. The van der Waals surface area contributed by atoms with Gasteiger partial charge >= 0.3 is 0 Å². The van der Waals surface area contributed by atoms with Gasteiger partial charge in [0.05, 0.1) is 22.8 Å². The molecule has 4 aromatic heterocycles. The van der Waals surface area contributed by atoms with Gasteiger partial charge in [0, 0.05) is 49.6 Å². The lowest BCUT2D eigenvalue weighted by Gasteiger charge is -2.36. The highest BCUT2D eigenvalue weighted by atomic mass is 14.9. The van der Waals surface area contributed by atoms with Crippen molar-refractivity contribution < 1.29 is 0 Å². The molecule has 0 spiro atoms. The Labute approximate surface area is 887 Å². The van der Waals surface area contributed by atoms with E-state index in [1.54, 1.807) is 61.6 Å².